The van der Waals surface area contributed by atoms with Crippen molar-refractivity contribution in [3.63, 3.8) is 0 Å². The molecule has 0 saturated heterocycles. The summed E-state index contributed by atoms with van der Waals surface area (Å²) >= 11 is 0. The second kappa shape index (κ2) is 8.90. The molecule has 0 spiro atoms. The number of hydrogen-bond acceptors (Lipinski definition) is 2. The maximum absolute atomic E-state index is 11.5. The molecule has 0 aromatic heterocycles. The molecule has 0 atom stereocenters. The SMILES string of the molecule is CCCCCN(CC(=O)CCC)C(C)C. The van der Waals surface area contributed by atoms with Crippen molar-refractivity contribution in [1.82, 2.24) is 4.90 Å². The van der Waals surface area contributed by atoms with Gasteiger partial charge in [0.2, 0.25) is 0 Å². The Bertz CT molecular complexity index is 166. The Kier molecular flexibility index (Phi) is 8.68. The average molecular weight is 213 g/mol. The van der Waals surface area contributed by atoms with E-state index < -0.39 is 0 Å². The third-order valence-corrected chi connectivity index (χ3v) is 2.69. The molecule has 0 aromatic rings. The smallest absolute Gasteiger partial charge is 0.146 e. The van der Waals surface area contributed by atoms with Gasteiger partial charge in [0.25, 0.3) is 0 Å². The summed E-state index contributed by atoms with van der Waals surface area (Å²) in [4.78, 5) is 13.8. The lowest BCUT2D eigenvalue weighted by Gasteiger charge is -2.25. The summed E-state index contributed by atoms with van der Waals surface area (Å²) in [6, 6.07) is 0.489. The molecule has 0 rings (SSSR count). The Labute approximate surface area is 95.0 Å². The van der Waals surface area contributed by atoms with Crippen LogP contribution in [-0.4, -0.2) is 29.8 Å². The molecule has 0 N–H and O–H groups in total. The molecule has 90 valence electrons. The van der Waals surface area contributed by atoms with Gasteiger partial charge in [-0.15, -0.1) is 0 Å². The molecule has 0 amide bonds. The van der Waals surface area contributed by atoms with Gasteiger partial charge in [0, 0.05) is 12.5 Å². The third-order valence-electron chi connectivity index (χ3n) is 2.69. The molecule has 0 fully saturated rings. The minimum absolute atomic E-state index is 0.391. The first kappa shape index (κ1) is 14.6. The number of carbonyl (C=O) groups excluding carboxylic acids is 1. The summed E-state index contributed by atoms with van der Waals surface area (Å²) in [5, 5.41) is 0. The van der Waals surface area contributed by atoms with Gasteiger partial charge < -0.3 is 0 Å². The summed E-state index contributed by atoms with van der Waals surface area (Å²) in [6.45, 7) is 10.3. The summed E-state index contributed by atoms with van der Waals surface area (Å²) in [5.74, 6) is 0.391. The van der Waals surface area contributed by atoms with Crippen LogP contribution < -0.4 is 0 Å². The first-order valence-electron chi connectivity index (χ1n) is 6.37. The molecule has 0 aromatic carbocycles. The lowest BCUT2D eigenvalue weighted by molar-refractivity contribution is -0.120. The fourth-order valence-electron chi connectivity index (χ4n) is 1.67. The summed E-state index contributed by atoms with van der Waals surface area (Å²) < 4.78 is 0. The first-order valence-corrected chi connectivity index (χ1v) is 6.37. The van der Waals surface area contributed by atoms with E-state index in [9.17, 15) is 4.79 Å². The number of Topliss-reactive ketones (excluding diaryl/α,β-unsaturated/α-hetero) is 1. The molecule has 0 radical (unpaired) electrons. The Hall–Kier alpha value is -0.370. The molecule has 15 heavy (non-hydrogen) atoms. The van der Waals surface area contributed by atoms with Gasteiger partial charge in [-0.05, 0) is 33.2 Å². The van der Waals surface area contributed by atoms with Crippen LogP contribution in [0.3, 0.4) is 0 Å². The van der Waals surface area contributed by atoms with Gasteiger partial charge >= 0.3 is 0 Å². The van der Waals surface area contributed by atoms with Crippen molar-refractivity contribution in [2.75, 3.05) is 13.1 Å². The second-order valence-electron chi connectivity index (χ2n) is 4.56. The number of nitrogens with zero attached hydrogens (tertiary/aromatic N) is 1. The van der Waals surface area contributed by atoms with Gasteiger partial charge in [-0.3, -0.25) is 9.69 Å². The number of ketones is 1. The van der Waals surface area contributed by atoms with E-state index in [1.165, 1.54) is 19.3 Å². The molecule has 0 unspecified atom stereocenters. The van der Waals surface area contributed by atoms with Crippen LogP contribution in [0.15, 0.2) is 0 Å². The predicted octanol–water partition coefficient (Wildman–Crippen LogP) is 3.26. The first-order chi connectivity index (χ1) is 7.11. The number of unbranched alkanes of at least 4 members (excludes halogenated alkanes) is 2. The van der Waals surface area contributed by atoms with Gasteiger partial charge in [0.15, 0.2) is 0 Å². The van der Waals surface area contributed by atoms with Crippen LogP contribution in [-0.2, 0) is 4.79 Å². The van der Waals surface area contributed by atoms with Crippen LogP contribution in [0.25, 0.3) is 0 Å². The van der Waals surface area contributed by atoms with E-state index >= 15 is 0 Å². The van der Waals surface area contributed by atoms with Crippen LogP contribution in [0.4, 0.5) is 0 Å². The lowest BCUT2D eigenvalue weighted by Crippen LogP contribution is -2.36. The zero-order chi connectivity index (χ0) is 11.7. The van der Waals surface area contributed by atoms with Crippen molar-refractivity contribution < 1.29 is 4.79 Å². The Morgan fingerprint density at radius 1 is 1.13 bits per heavy atom. The minimum Gasteiger partial charge on any atom is -0.298 e. The summed E-state index contributed by atoms with van der Waals surface area (Å²) in [6.07, 6.45) is 5.44. The van der Waals surface area contributed by atoms with Crippen molar-refractivity contribution in [1.29, 1.82) is 0 Å². The Morgan fingerprint density at radius 3 is 2.27 bits per heavy atom. The van der Waals surface area contributed by atoms with Gasteiger partial charge in [-0.2, -0.15) is 0 Å². The number of carbonyl (C=O) groups is 1. The normalized spacial score (nSPS) is 11.3. The fraction of sp³-hybridized carbons (Fsp3) is 0.923. The second-order valence-corrected chi connectivity index (χ2v) is 4.56. The molecule has 0 heterocycles. The highest BCUT2D eigenvalue weighted by Crippen LogP contribution is 2.04. The highest BCUT2D eigenvalue weighted by Gasteiger charge is 2.12. The van der Waals surface area contributed by atoms with Crippen LogP contribution >= 0.6 is 0 Å². The summed E-state index contributed by atoms with van der Waals surface area (Å²) in [5.41, 5.74) is 0. The van der Waals surface area contributed by atoms with Crippen LogP contribution in [0.1, 0.15) is 59.8 Å². The van der Waals surface area contributed by atoms with E-state index in [1.807, 2.05) is 0 Å². The minimum atomic E-state index is 0.391. The van der Waals surface area contributed by atoms with E-state index in [0.717, 1.165) is 19.4 Å². The largest absolute Gasteiger partial charge is 0.298 e. The molecule has 2 heteroatoms. The molecule has 0 aliphatic carbocycles. The number of hydrogen-bond donors (Lipinski definition) is 0. The Morgan fingerprint density at radius 2 is 1.80 bits per heavy atom. The van der Waals surface area contributed by atoms with Crippen molar-refractivity contribution in [2.24, 2.45) is 0 Å². The molecular formula is C13H27NO. The molecule has 0 bridgehead atoms. The Balaban J connectivity index is 3.87. The van der Waals surface area contributed by atoms with Crippen LogP contribution in [0, 0.1) is 0 Å². The lowest BCUT2D eigenvalue weighted by atomic mass is 10.1. The molecule has 2 nitrogen and oxygen atoms in total. The van der Waals surface area contributed by atoms with Gasteiger partial charge in [-0.1, -0.05) is 26.7 Å². The van der Waals surface area contributed by atoms with Crippen molar-refractivity contribution in [2.45, 2.75) is 65.8 Å². The third kappa shape index (κ3) is 7.55. The van der Waals surface area contributed by atoms with E-state index in [4.69, 9.17) is 0 Å². The molecule has 0 saturated carbocycles. The highest BCUT2D eigenvalue weighted by molar-refractivity contribution is 5.80. The van der Waals surface area contributed by atoms with Gasteiger partial charge in [-0.25, -0.2) is 0 Å². The zero-order valence-corrected chi connectivity index (χ0v) is 10.9. The molecular weight excluding hydrogens is 186 g/mol. The zero-order valence-electron chi connectivity index (χ0n) is 10.9. The monoisotopic (exact) mass is 213 g/mol. The van der Waals surface area contributed by atoms with Crippen molar-refractivity contribution in [3.8, 4) is 0 Å². The number of rotatable bonds is 9. The van der Waals surface area contributed by atoms with E-state index in [2.05, 4.69) is 32.6 Å². The van der Waals surface area contributed by atoms with Crippen molar-refractivity contribution >= 4 is 5.78 Å². The fourth-order valence-corrected chi connectivity index (χ4v) is 1.67. The quantitative estimate of drug-likeness (QED) is 0.548. The van der Waals surface area contributed by atoms with E-state index in [1.54, 1.807) is 0 Å². The van der Waals surface area contributed by atoms with Gasteiger partial charge in [0.1, 0.15) is 5.78 Å². The molecule has 0 aliphatic rings. The standard InChI is InChI=1S/C13H27NO/c1-5-7-8-10-14(12(3)4)11-13(15)9-6-2/h12H,5-11H2,1-4H3. The van der Waals surface area contributed by atoms with E-state index in [0.29, 0.717) is 18.4 Å². The van der Waals surface area contributed by atoms with Gasteiger partial charge in [0.05, 0.1) is 6.54 Å². The maximum atomic E-state index is 11.5. The topological polar surface area (TPSA) is 20.3 Å². The average Bonchev–Trinajstić information content (AvgIpc) is 2.16. The highest BCUT2D eigenvalue weighted by atomic mass is 16.1. The van der Waals surface area contributed by atoms with Crippen LogP contribution in [0.2, 0.25) is 0 Å². The van der Waals surface area contributed by atoms with Crippen molar-refractivity contribution in [3.05, 3.63) is 0 Å². The predicted molar refractivity (Wildman–Crippen MR) is 66.1 cm³/mol. The maximum Gasteiger partial charge on any atom is 0.146 e. The summed E-state index contributed by atoms with van der Waals surface area (Å²) in [7, 11) is 0. The van der Waals surface area contributed by atoms with Crippen LogP contribution in [0.5, 0.6) is 0 Å². The van der Waals surface area contributed by atoms with E-state index in [-0.39, 0.29) is 0 Å². The molecule has 0 aliphatic heterocycles.